The molecule has 22 heavy (non-hydrogen) atoms. The van der Waals surface area contributed by atoms with Crippen molar-refractivity contribution in [2.45, 2.75) is 70.9 Å². The minimum atomic E-state index is -1.81. The third kappa shape index (κ3) is 4.64. The molecule has 0 spiro atoms. The average molecular weight is 361 g/mol. The Hall–Kier alpha value is -0.219. The average Bonchev–Trinajstić information content (AvgIpc) is 2.37. The van der Waals surface area contributed by atoms with E-state index in [0.717, 1.165) is 18.9 Å². The highest BCUT2D eigenvalue weighted by Crippen LogP contribution is 2.40. The number of hydrogen-bond acceptors (Lipinski definition) is 4. The molecule has 0 bridgehead atoms. The van der Waals surface area contributed by atoms with Crippen LogP contribution in [-0.2, 0) is 14.0 Å². The molecule has 0 saturated carbocycles. The van der Waals surface area contributed by atoms with Crippen LogP contribution in [0.2, 0.25) is 31.7 Å². The number of ether oxygens (including phenoxy) is 1. The monoisotopic (exact) mass is 360 g/mol. The molecule has 1 aliphatic rings. The van der Waals surface area contributed by atoms with E-state index in [0.29, 0.717) is 12.2 Å². The van der Waals surface area contributed by atoms with E-state index in [9.17, 15) is 9.59 Å². The summed E-state index contributed by atoms with van der Waals surface area (Å²) in [5.74, 6) is -0.336. The summed E-state index contributed by atoms with van der Waals surface area (Å²) in [5.41, 5.74) is 0.392. The van der Waals surface area contributed by atoms with Gasteiger partial charge < -0.3 is 14.0 Å². The quantitative estimate of drug-likeness (QED) is 0.342. The van der Waals surface area contributed by atoms with Crippen molar-refractivity contribution >= 4 is 29.5 Å². The summed E-state index contributed by atoms with van der Waals surface area (Å²) in [5, 5.41) is 0. The number of rotatable bonds is 6. The first-order valence-electron chi connectivity index (χ1n) is 8.12. The van der Waals surface area contributed by atoms with Crippen LogP contribution in [0.25, 0.3) is 0 Å². The second kappa shape index (κ2) is 7.13. The lowest BCUT2D eigenvalue weighted by Gasteiger charge is -2.52. The van der Waals surface area contributed by atoms with Crippen LogP contribution in [0.4, 0.5) is 0 Å². The summed E-state index contributed by atoms with van der Waals surface area (Å²) in [4.78, 5) is 22.3. The Morgan fingerprint density at radius 2 is 2.00 bits per heavy atom. The molecule has 1 saturated heterocycles. The molecule has 1 rings (SSSR count). The van der Waals surface area contributed by atoms with Crippen molar-refractivity contribution in [1.82, 2.24) is 0 Å². The molecule has 2 atom stereocenters. The van der Waals surface area contributed by atoms with Gasteiger partial charge in [-0.25, -0.2) is 4.79 Å². The number of hydrogen-bond donors (Lipinski definition) is 1. The molecule has 0 aromatic carbocycles. The molecule has 1 N–H and O–H groups in total. The van der Waals surface area contributed by atoms with Crippen molar-refractivity contribution in [3.05, 3.63) is 12.2 Å². The van der Waals surface area contributed by atoms with Gasteiger partial charge in [-0.15, -0.1) is 0 Å². The smallest absolute Gasteiger partial charge is 0.333 e. The van der Waals surface area contributed by atoms with E-state index in [4.69, 9.17) is 9.16 Å². The van der Waals surface area contributed by atoms with Gasteiger partial charge in [0, 0.05) is 5.57 Å². The van der Waals surface area contributed by atoms with Crippen molar-refractivity contribution < 1.29 is 18.8 Å². The van der Waals surface area contributed by atoms with Crippen molar-refractivity contribution in [2.75, 3.05) is 6.61 Å². The molecule has 1 heterocycles. The van der Waals surface area contributed by atoms with Crippen molar-refractivity contribution in [3.63, 3.8) is 0 Å². The Bertz CT molecular complexity index is 437. The molecular weight excluding hydrogens is 328 g/mol. The van der Waals surface area contributed by atoms with Gasteiger partial charge in [-0.2, -0.15) is 0 Å². The lowest BCUT2D eigenvalue weighted by atomic mass is 10.1. The van der Waals surface area contributed by atoms with E-state index in [-0.39, 0.29) is 11.6 Å². The molecule has 0 amide bonds. The highest BCUT2D eigenvalue weighted by atomic mass is 29.6. The lowest BCUT2D eigenvalue weighted by molar-refractivity contribution is -0.138. The fraction of sp³-hybridized carbons (Fsp3) is 0.800. The maximum absolute atomic E-state index is 11.3. The second-order valence-electron chi connectivity index (χ2n) is 7.86. The van der Waals surface area contributed by atoms with Crippen LogP contribution >= 0.6 is 0 Å². The third-order valence-corrected chi connectivity index (χ3v) is 37.3. The molecular formula is C15H32O4Si3. The van der Waals surface area contributed by atoms with Crippen molar-refractivity contribution in [1.29, 1.82) is 0 Å². The summed E-state index contributed by atoms with van der Waals surface area (Å²) >= 11 is 0. The van der Waals surface area contributed by atoms with Crippen LogP contribution < -0.4 is 0 Å². The maximum atomic E-state index is 11.3. The maximum Gasteiger partial charge on any atom is 0.333 e. The molecule has 0 aliphatic carbocycles. The minimum Gasteiger partial charge on any atom is -0.462 e. The zero-order valence-electron chi connectivity index (χ0n) is 15.0. The zero-order chi connectivity index (χ0) is 17.2. The van der Waals surface area contributed by atoms with E-state index in [2.05, 4.69) is 40.1 Å². The molecule has 7 heteroatoms. The predicted octanol–water partition coefficient (Wildman–Crippen LogP) is 2.85. The zero-order valence-corrected chi connectivity index (χ0v) is 18.1. The Morgan fingerprint density at radius 1 is 1.41 bits per heavy atom. The number of esters is 1. The molecule has 1 fully saturated rings. The first-order valence-corrected chi connectivity index (χ1v) is 17.9. The van der Waals surface area contributed by atoms with Crippen molar-refractivity contribution in [2.24, 2.45) is 0 Å². The number of carbonyl (C=O) groups excluding carboxylic acids is 1. The number of carbonyl (C=O) groups is 1. The highest BCUT2D eigenvalue weighted by molar-refractivity contribution is 7.62. The molecule has 0 aromatic heterocycles. The fourth-order valence-corrected chi connectivity index (χ4v) is 28.1. The summed E-state index contributed by atoms with van der Waals surface area (Å²) in [7, 11) is -5.32. The van der Waals surface area contributed by atoms with Crippen LogP contribution in [0.15, 0.2) is 12.2 Å². The van der Waals surface area contributed by atoms with E-state index in [1.54, 1.807) is 6.92 Å². The summed E-state index contributed by atoms with van der Waals surface area (Å²) < 4.78 is 11.6. The second-order valence-corrected chi connectivity index (χ2v) is 30.6. The SMILES string of the molecule is C=C(C)C(=O)OCCC[SiH](O)[Si]1(C)CCC(C)(C)O[Si]1(C)C. The van der Waals surface area contributed by atoms with Gasteiger partial charge in [0.1, 0.15) is 0 Å². The first kappa shape index (κ1) is 19.8. The Kier molecular flexibility index (Phi) is 6.42. The summed E-state index contributed by atoms with van der Waals surface area (Å²) in [6, 6.07) is 2.00. The Labute approximate surface area is 138 Å². The largest absolute Gasteiger partial charge is 0.462 e. The van der Waals surface area contributed by atoms with Gasteiger partial charge in [-0.05, 0) is 52.8 Å². The lowest BCUT2D eigenvalue weighted by Crippen LogP contribution is -2.72. The van der Waals surface area contributed by atoms with Gasteiger partial charge in [0.05, 0.1) is 19.3 Å². The summed E-state index contributed by atoms with van der Waals surface area (Å²) in [6.07, 6.45) is 1.81. The topological polar surface area (TPSA) is 55.8 Å². The van der Waals surface area contributed by atoms with E-state index in [1.807, 2.05) is 0 Å². The van der Waals surface area contributed by atoms with E-state index >= 15 is 0 Å². The van der Waals surface area contributed by atoms with Gasteiger partial charge in [-0.3, -0.25) is 0 Å². The van der Waals surface area contributed by atoms with Crippen LogP contribution in [0.3, 0.4) is 0 Å². The van der Waals surface area contributed by atoms with Gasteiger partial charge in [-0.1, -0.05) is 19.2 Å². The minimum absolute atomic E-state index is 0.0344. The fourth-order valence-electron chi connectivity index (χ4n) is 3.17. The molecule has 0 aromatic rings. The van der Waals surface area contributed by atoms with Gasteiger partial charge in [0.2, 0.25) is 0 Å². The molecule has 1 aliphatic heterocycles. The van der Waals surface area contributed by atoms with E-state index < -0.39 is 23.5 Å². The predicted molar refractivity (Wildman–Crippen MR) is 98.3 cm³/mol. The molecule has 4 nitrogen and oxygen atoms in total. The first-order chi connectivity index (χ1) is 9.91. The van der Waals surface area contributed by atoms with Gasteiger partial charge in [0.25, 0.3) is 0 Å². The van der Waals surface area contributed by atoms with Crippen LogP contribution in [-0.4, -0.2) is 46.5 Å². The van der Waals surface area contributed by atoms with Crippen LogP contribution in [0.5, 0.6) is 0 Å². The van der Waals surface area contributed by atoms with Crippen LogP contribution in [0, 0.1) is 0 Å². The van der Waals surface area contributed by atoms with Gasteiger partial charge in [0.15, 0.2) is 16.4 Å². The van der Waals surface area contributed by atoms with E-state index in [1.165, 1.54) is 6.04 Å². The Balaban J connectivity index is 2.55. The molecule has 128 valence electrons. The standard InChI is InChI=1S/C15H32O4Si3/c1-13(2)14(16)18-10-8-11-20(17)22(7)12-9-15(3,4)19-21(22,5)6/h17,20H,1,8-12H2,2-7H3. The summed E-state index contributed by atoms with van der Waals surface area (Å²) in [6.45, 7) is 16.9. The Morgan fingerprint density at radius 3 is 2.50 bits per heavy atom. The van der Waals surface area contributed by atoms with Crippen molar-refractivity contribution in [3.8, 4) is 0 Å². The third-order valence-electron chi connectivity index (χ3n) is 5.09. The molecule has 2 unspecified atom stereocenters. The van der Waals surface area contributed by atoms with Crippen LogP contribution in [0.1, 0.15) is 33.6 Å². The van der Waals surface area contributed by atoms with Gasteiger partial charge >= 0.3 is 5.97 Å². The normalized spacial score (nSPS) is 28.0. The molecule has 0 radical (unpaired) electrons. The highest BCUT2D eigenvalue weighted by Gasteiger charge is 2.57.